The highest BCUT2D eigenvalue weighted by molar-refractivity contribution is 6.31. The van der Waals surface area contributed by atoms with Crippen LogP contribution in [-0.2, 0) is 11.2 Å². The Morgan fingerprint density at radius 1 is 1.19 bits per heavy atom. The number of carbonyl (C=O) groups excluding carboxylic acids is 1. The lowest BCUT2D eigenvalue weighted by atomic mass is 9.75. The summed E-state index contributed by atoms with van der Waals surface area (Å²) in [6.45, 7) is 0.683. The van der Waals surface area contributed by atoms with Crippen LogP contribution in [0.3, 0.4) is 0 Å². The molecule has 1 aliphatic heterocycles. The molecule has 0 saturated heterocycles. The smallest absolute Gasteiger partial charge is 0.164 e. The van der Waals surface area contributed by atoms with Gasteiger partial charge in [-0.25, -0.2) is 14.1 Å². The van der Waals surface area contributed by atoms with Gasteiger partial charge in [0.25, 0.3) is 0 Å². The topological polar surface area (TPSA) is 80.0 Å². The van der Waals surface area contributed by atoms with Gasteiger partial charge >= 0.3 is 0 Å². The molecular formula is C23H20ClFN4O2. The molecule has 5 rings (SSSR count). The second-order valence-electron chi connectivity index (χ2n) is 7.82. The van der Waals surface area contributed by atoms with Crippen LogP contribution < -0.4 is 5.32 Å². The lowest BCUT2D eigenvalue weighted by Crippen LogP contribution is -2.38. The Bertz CT molecular complexity index is 1160. The van der Waals surface area contributed by atoms with E-state index < -0.39 is 23.8 Å². The molecule has 0 bridgehead atoms. The van der Waals surface area contributed by atoms with Crippen molar-refractivity contribution in [3.05, 3.63) is 94.0 Å². The fraction of sp³-hybridized carbons (Fsp3) is 0.261. The summed E-state index contributed by atoms with van der Waals surface area (Å²) in [5.41, 5.74) is 2.58. The zero-order valence-corrected chi connectivity index (χ0v) is 17.3. The predicted octanol–water partition coefficient (Wildman–Crippen LogP) is 4.07. The van der Waals surface area contributed by atoms with Crippen LogP contribution in [0.4, 0.5) is 4.39 Å². The maximum absolute atomic E-state index is 14.8. The molecule has 8 heteroatoms. The van der Waals surface area contributed by atoms with Crippen LogP contribution in [0.5, 0.6) is 0 Å². The number of aromatic nitrogens is 3. The van der Waals surface area contributed by atoms with Gasteiger partial charge in [0.05, 0.1) is 11.6 Å². The van der Waals surface area contributed by atoms with Crippen LogP contribution in [0.25, 0.3) is 0 Å². The summed E-state index contributed by atoms with van der Waals surface area (Å²) in [7, 11) is 0. The zero-order valence-electron chi connectivity index (χ0n) is 16.5. The highest BCUT2D eigenvalue weighted by Gasteiger charge is 2.44. The Morgan fingerprint density at radius 2 is 2.03 bits per heavy atom. The average Bonchev–Trinajstić information content (AvgIpc) is 3.28. The molecule has 0 amide bonds. The molecule has 1 aromatic heterocycles. The fourth-order valence-electron chi connectivity index (χ4n) is 4.78. The van der Waals surface area contributed by atoms with Crippen LogP contribution in [0.15, 0.2) is 66.5 Å². The molecule has 0 saturated carbocycles. The van der Waals surface area contributed by atoms with Gasteiger partial charge in [-0.05, 0) is 29.7 Å². The first-order valence-electron chi connectivity index (χ1n) is 10.1. The SMILES string of the molecule is O=C1C[C@H](c2c(F)cccc2Cl)[C@H](n2cncn2)C(O)=C1[C@H]1NCCc2ccccc21. The quantitative estimate of drug-likeness (QED) is 0.644. The first-order chi connectivity index (χ1) is 15.1. The Kier molecular flexibility index (Phi) is 5.08. The molecule has 2 aromatic carbocycles. The number of carbonyl (C=O) groups is 1. The summed E-state index contributed by atoms with van der Waals surface area (Å²) < 4.78 is 16.3. The number of hydrogen-bond donors (Lipinski definition) is 2. The number of benzene rings is 2. The lowest BCUT2D eigenvalue weighted by molar-refractivity contribution is -0.117. The van der Waals surface area contributed by atoms with Crippen molar-refractivity contribution >= 4 is 17.4 Å². The summed E-state index contributed by atoms with van der Waals surface area (Å²) in [6, 6.07) is 11.0. The Morgan fingerprint density at radius 3 is 2.81 bits per heavy atom. The number of nitrogens with zero attached hydrogens (tertiary/aromatic N) is 3. The third kappa shape index (κ3) is 3.34. The maximum atomic E-state index is 14.8. The van der Waals surface area contributed by atoms with E-state index in [4.69, 9.17) is 11.6 Å². The number of hydrogen-bond acceptors (Lipinski definition) is 5. The monoisotopic (exact) mass is 438 g/mol. The van der Waals surface area contributed by atoms with Crippen molar-refractivity contribution < 1.29 is 14.3 Å². The normalized spacial score (nSPS) is 23.7. The minimum absolute atomic E-state index is 0.00901. The molecule has 158 valence electrons. The van der Waals surface area contributed by atoms with E-state index in [2.05, 4.69) is 15.4 Å². The lowest BCUT2D eigenvalue weighted by Gasteiger charge is -2.37. The van der Waals surface area contributed by atoms with Gasteiger partial charge in [0.2, 0.25) is 0 Å². The number of fused-ring (bicyclic) bond motifs is 1. The molecule has 0 radical (unpaired) electrons. The van der Waals surface area contributed by atoms with E-state index in [0.29, 0.717) is 6.54 Å². The fourth-order valence-corrected chi connectivity index (χ4v) is 5.08. The molecular weight excluding hydrogens is 419 g/mol. The maximum Gasteiger partial charge on any atom is 0.164 e. The highest BCUT2D eigenvalue weighted by Crippen LogP contribution is 2.47. The molecule has 0 spiro atoms. The van der Waals surface area contributed by atoms with E-state index in [1.807, 2.05) is 24.3 Å². The van der Waals surface area contributed by atoms with Crippen molar-refractivity contribution in [3.63, 3.8) is 0 Å². The van der Waals surface area contributed by atoms with Crippen LogP contribution in [0.2, 0.25) is 5.02 Å². The molecule has 31 heavy (non-hydrogen) atoms. The Labute approximate surface area is 183 Å². The van der Waals surface area contributed by atoms with Crippen molar-refractivity contribution in [1.29, 1.82) is 0 Å². The molecule has 3 aromatic rings. The Hall–Kier alpha value is -3.03. The third-order valence-electron chi connectivity index (χ3n) is 6.13. The number of aliphatic hydroxyl groups is 1. The second-order valence-corrected chi connectivity index (χ2v) is 8.23. The van der Waals surface area contributed by atoms with E-state index in [9.17, 15) is 14.3 Å². The van der Waals surface area contributed by atoms with Crippen LogP contribution in [0.1, 0.15) is 41.1 Å². The number of rotatable bonds is 3. The first kappa shape index (κ1) is 19.9. The molecule has 2 heterocycles. The second kappa shape index (κ2) is 7.90. The first-order valence-corrected chi connectivity index (χ1v) is 10.5. The number of aliphatic hydroxyl groups excluding tert-OH is 1. The van der Waals surface area contributed by atoms with Gasteiger partial charge in [-0.1, -0.05) is 41.9 Å². The largest absolute Gasteiger partial charge is 0.510 e. The van der Waals surface area contributed by atoms with Crippen LogP contribution in [-0.4, -0.2) is 32.2 Å². The van der Waals surface area contributed by atoms with Gasteiger partial charge in [0, 0.05) is 29.5 Å². The molecule has 2 N–H and O–H groups in total. The number of halogens is 2. The van der Waals surface area contributed by atoms with Crippen LogP contribution in [0, 0.1) is 5.82 Å². The molecule has 3 atom stereocenters. The van der Waals surface area contributed by atoms with Gasteiger partial charge in [-0.3, -0.25) is 4.79 Å². The minimum atomic E-state index is -0.805. The molecule has 1 aliphatic carbocycles. The van der Waals surface area contributed by atoms with E-state index in [-0.39, 0.29) is 34.1 Å². The Balaban J connectivity index is 1.68. The number of ketones is 1. The summed E-state index contributed by atoms with van der Waals surface area (Å²) in [5, 5.41) is 19.2. The average molecular weight is 439 g/mol. The van der Waals surface area contributed by atoms with Crippen molar-refractivity contribution in [2.75, 3.05) is 6.54 Å². The number of nitrogens with one attached hydrogen (secondary N) is 1. The van der Waals surface area contributed by atoms with Crippen LogP contribution >= 0.6 is 11.6 Å². The van der Waals surface area contributed by atoms with Gasteiger partial charge in [0.15, 0.2) is 5.78 Å². The standard InChI is InChI=1S/C23H20ClFN4O2/c24-16-6-3-7-17(25)19(16)15-10-18(30)20(23(31)22(15)29-12-26-11-28-29)21-14-5-2-1-4-13(14)8-9-27-21/h1-7,11-12,15,21-22,27,31H,8-10H2/t15-,21+,22+/m1/s1. The molecule has 2 aliphatic rings. The van der Waals surface area contributed by atoms with E-state index >= 15 is 0 Å². The van der Waals surface area contributed by atoms with Gasteiger partial charge in [-0.2, -0.15) is 5.10 Å². The van der Waals surface area contributed by atoms with E-state index in [1.165, 1.54) is 29.5 Å². The summed E-state index contributed by atoms with van der Waals surface area (Å²) >= 11 is 6.33. The molecule has 0 fully saturated rings. The third-order valence-corrected chi connectivity index (χ3v) is 6.46. The van der Waals surface area contributed by atoms with Gasteiger partial charge in [-0.15, -0.1) is 0 Å². The summed E-state index contributed by atoms with van der Waals surface area (Å²) in [4.78, 5) is 17.4. The highest BCUT2D eigenvalue weighted by atomic mass is 35.5. The molecule has 6 nitrogen and oxygen atoms in total. The van der Waals surface area contributed by atoms with Crippen molar-refractivity contribution in [2.45, 2.75) is 30.8 Å². The number of allylic oxidation sites excluding steroid dienone is 1. The van der Waals surface area contributed by atoms with Gasteiger partial charge < -0.3 is 10.4 Å². The van der Waals surface area contributed by atoms with E-state index in [0.717, 1.165) is 17.5 Å². The molecule has 0 unspecified atom stereocenters. The van der Waals surface area contributed by atoms with E-state index in [1.54, 1.807) is 6.07 Å². The minimum Gasteiger partial charge on any atom is -0.510 e. The van der Waals surface area contributed by atoms with Crippen molar-refractivity contribution in [3.8, 4) is 0 Å². The summed E-state index contributed by atoms with van der Waals surface area (Å²) in [6.07, 6.45) is 3.63. The number of Topliss-reactive ketones (excluding diaryl/α,β-unsaturated/α-hetero) is 1. The summed E-state index contributed by atoms with van der Waals surface area (Å²) in [5.74, 6) is -1.62. The predicted molar refractivity (Wildman–Crippen MR) is 113 cm³/mol. The zero-order chi connectivity index (χ0) is 21.5. The van der Waals surface area contributed by atoms with Crippen molar-refractivity contribution in [1.82, 2.24) is 20.1 Å². The van der Waals surface area contributed by atoms with Crippen molar-refractivity contribution in [2.24, 2.45) is 0 Å². The van der Waals surface area contributed by atoms with Gasteiger partial charge in [0.1, 0.15) is 30.3 Å².